The highest BCUT2D eigenvalue weighted by atomic mass is 16.5. The van der Waals surface area contributed by atoms with Crippen LogP contribution in [0.25, 0.3) is 0 Å². The minimum Gasteiger partial charge on any atom is -0.494 e. The van der Waals surface area contributed by atoms with Gasteiger partial charge >= 0.3 is 0 Å². The lowest BCUT2D eigenvalue weighted by molar-refractivity contribution is 0.0237. The Labute approximate surface area is 116 Å². The van der Waals surface area contributed by atoms with Gasteiger partial charge in [-0.25, -0.2) is 0 Å². The van der Waals surface area contributed by atoms with Crippen molar-refractivity contribution in [3.05, 3.63) is 30.3 Å². The molecule has 0 spiro atoms. The third-order valence-electron chi connectivity index (χ3n) is 3.63. The summed E-state index contributed by atoms with van der Waals surface area (Å²) in [4.78, 5) is 0. The van der Waals surface area contributed by atoms with Gasteiger partial charge in [0, 0.05) is 18.6 Å². The lowest BCUT2D eigenvalue weighted by Crippen LogP contribution is -2.43. The normalized spacial score (nSPS) is 23.2. The van der Waals surface area contributed by atoms with Crippen molar-refractivity contribution in [1.29, 1.82) is 0 Å². The summed E-state index contributed by atoms with van der Waals surface area (Å²) in [6.07, 6.45) is 3.36. The van der Waals surface area contributed by atoms with E-state index in [1.54, 1.807) is 0 Å². The third-order valence-corrected chi connectivity index (χ3v) is 3.63. The molecule has 3 nitrogen and oxygen atoms in total. The summed E-state index contributed by atoms with van der Waals surface area (Å²) in [5.74, 6) is 1.53. The molecule has 2 unspecified atom stereocenters. The van der Waals surface area contributed by atoms with Gasteiger partial charge in [0.05, 0.1) is 13.2 Å². The molecule has 1 aromatic rings. The highest BCUT2D eigenvalue weighted by Crippen LogP contribution is 2.19. The molecule has 0 aromatic heterocycles. The maximum absolute atomic E-state index is 5.78. The molecule has 1 aromatic carbocycles. The first-order valence-corrected chi connectivity index (χ1v) is 7.39. The molecule has 3 heteroatoms. The number of benzene rings is 1. The second kappa shape index (κ2) is 8.18. The van der Waals surface area contributed by atoms with E-state index < -0.39 is 0 Å². The van der Waals surface area contributed by atoms with E-state index in [0.29, 0.717) is 12.0 Å². The standard InChI is InChI=1S/C16H25NO2/c1-2-10-17-16-9-11-18-13-14(16)8-12-19-15-6-4-3-5-7-15/h3-7,14,16-17H,2,8-13H2,1H3. The number of rotatable bonds is 7. The number of hydrogen-bond donors (Lipinski definition) is 1. The van der Waals surface area contributed by atoms with E-state index in [-0.39, 0.29) is 0 Å². The largest absolute Gasteiger partial charge is 0.494 e. The number of nitrogens with one attached hydrogen (secondary N) is 1. The van der Waals surface area contributed by atoms with Gasteiger partial charge in [-0.15, -0.1) is 0 Å². The van der Waals surface area contributed by atoms with E-state index in [0.717, 1.165) is 45.0 Å². The first-order chi connectivity index (χ1) is 9.40. The molecule has 1 saturated heterocycles. The molecule has 0 radical (unpaired) electrons. The summed E-state index contributed by atoms with van der Waals surface area (Å²) >= 11 is 0. The predicted octanol–water partition coefficient (Wildman–Crippen LogP) is 2.86. The van der Waals surface area contributed by atoms with Gasteiger partial charge < -0.3 is 14.8 Å². The molecule has 1 N–H and O–H groups in total. The molecule has 0 amide bonds. The average Bonchev–Trinajstić information content (AvgIpc) is 2.47. The molecule has 1 heterocycles. The molecular weight excluding hydrogens is 238 g/mol. The molecule has 19 heavy (non-hydrogen) atoms. The van der Waals surface area contributed by atoms with Crippen LogP contribution in [0.5, 0.6) is 5.75 Å². The summed E-state index contributed by atoms with van der Waals surface area (Å²) in [5.41, 5.74) is 0. The molecule has 1 aliphatic rings. The summed E-state index contributed by atoms with van der Waals surface area (Å²) < 4.78 is 11.4. The Bertz CT molecular complexity index is 342. The SMILES string of the molecule is CCCNC1CCOCC1CCOc1ccccc1. The summed E-state index contributed by atoms with van der Waals surface area (Å²) in [6, 6.07) is 10.6. The second-order valence-corrected chi connectivity index (χ2v) is 5.13. The monoisotopic (exact) mass is 263 g/mol. The van der Waals surface area contributed by atoms with E-state index >= 15 is 0 Å². The smallest absolute Gasteiger partial charge is 0.119 e. The lowest BCUT2D eigenvalue weighted by Gasteiger charge is -2.32. The van der Waals surface area contributed by atoms with Crippen LogP contribution in [0.4, 0.5) is 0 Å². The Hall–Kier alpha value is -1.06. The molecule has 0 bridgehead atoms. The zero-order valence-electron chi connectivity index (χ0n) is 11.8. The molecule has 2 atom stereocenters. The van der Waals surface area contributed by atoms with Gasteiger partial charge in [-0.3, -0.25) is 0 Å². The van der Waals surface area contributed by atoms with E-state index in [4.69, 9.17) is 9.47 Å². The molecular formula is C16H25NO2. The van der Waals surface area contributed by atoms with Gasteiger partial charge in [-0.1, -0.05) is 25.1 Å². The minimum atomic E-state index is 0.573. The molecule has 0 saturated carbocycles. The Morgan fingerprint density at radius 2 is 2.16 bits per heavy atom. The maximum atomic E-state index is 5.78. The van der Waals surface area contributed by atoms with Crippen molar-refractivity contribution in [3.63, 3.8) is 0 Å². The van der Waals surface area contributed by atoms with E-state index in [1.165, 1.54) is 6.42 Å². The van der Waals surface area contributed by atoms with E-state index in [2.05, 4.69) is 12.2 Å². The summed E-state index contributed by atoms with van der Waals surface area (Å²) in [7, 11) is 0. The fourth-order valence-electron chi connectivity index (χ4n) is 2.52. The van der Waals surface area contributed by atoms with Crippen LogP contribution in [0.2, 0.25) is 0 Å². The van der Waals surface area contributed by atoms with Crippen LogP contribution >= 0.6 is 0 Å². The number of ether oxygens (including phenoxy) is 2. The van der Waals surface area contributed by atoms with Crippen LogP contribution in [0.15, 0.2) is 30.3 Å². The van der Waals surface area contributed by atoms with Crippen LogP contribution in [0.1, 0.15) is 26.2 Å². The van der Waals surface area contributed by atoms with Crippen molar-refractivity contribution in [2.45, 2.75) is 32.2 Å². The van der Waals surface area contributed by atoms with Crippen molar-refractivity contribution in [3.8, 4) is 5.75 Å². The minimum absolute atomic E-state index is 0.573. The van der Waals surface area contributed by atoms with Crippen molar-refractivity contribution < 1.29 is 9.47 Å². The molecule has 106 valence electrons. The molecule has 0 aliphatic carbocycles. The van der Waals surface area contributed by atoms with E-state index in [9.17, 15) is 0 Å². The quantitative estimate of drug-likeness (QED) is 0.820. The van der Waals surface area contributed by atoms with Crippen molar-refractivity contribution in [2.24, 2.45) is 5.92 Å². The highest BCUT2D eigenvalue weighted by molar-refractivity contribution is 5.20. The average molecular weight is 263 g/mol. The van der Waals surface area contributed by atoms with Crippen LogP contribution in [0.3, 0.4) is 0 Å². The van der Waals surface area contributed by atoms with Gasteiger partial charge in [0.1, 0.15) is 5.75 Å². The van der Waals surface area contributed by atoms with Gasteiger partial charge in [0.15, 0.2) is 0 Å². The Morgan fingerprint density at radius 3 is 2.95 bits per heavy atom. The Morgan fingerprint density at radius 1 is 1.32 bits per heavy atom. The molecule has 2 rings (SSSR count). The van der Waals surface area contributed by atoms with Gasteiger partial charge in [-0.2, -0.15) is 0 Å². The van der Waals surface area contributed by atoms with Crippen molar-refractivity contribution in [2.75, 3.05) is 26.4 Å². The second-order valence-electron chi connectivity index (χ2n) is 5.13. The van der Waals surface area contributed by atoms with Crippen LogP contribution in [-0.4, -0.2) is 32.4 Å². The fourth-order valence-corrected chi connectivity index (χ4v) is 2.52. The molecule has 1 fully saturated rings. The van der Waals surface area contributed by atoms with Crippen LogP contribution < -0.4 is 10.1 Å². The zero-order chi connectivity index (χ0) is 13.3. The first kappa shape index (κ1) is 14.4. The topological polar surface area (TPSA) is 30.5 Å². The highest BCUT2D eigenvalue weighted by Gasteiger charge is 2.24. The predicted molar refractivity (Wildman–Crippen MR) is 77.6 cm³/mol. The van der Waals surface area contributed by atoms with Crippen molar-refractivity contribution in [1.82, 2.24) is 5.32 Å². The maximum Gasteiger partial charge on any atom is 0.119 e. The molecule has 1 aliphatic heterocycles. The van der Waals surface area contributed by atoms with Crippen LogP contribution in [-0.2, 0) is 4.74 Å². The fraction of sp³-hybridized carbons (Fsp3) is 0.625. The van der Waals surface area contributed by atoms with Gasteiger partial charge in [-0.05, 0) is 37.9 Å². The van der Waals surface area contributed by atoms with Crippen molar-refractivity contribution >= 4 is 0 Å². The lowest BCUT2D eigenvalue weighted by atomic mass is 9.93. The van der Waals surface area contributed by atoms with Gasteiger partial charge in [0.25, 0.3) is 0 Å². The van der Waals surface area contributed by atoms with E-state index in [1.807, 2.05) is 30.3 Å². The first-order valence-electron chi connectivity index (χ1n) is 7.39. The number of hydrogen-bond acceptors (Lipinski definition) is 3. The number of para-hydroxylation sites is 1. The Kier molecular flexibility index (Phi) is 6.18. The zero-order valence-corrected chi connectivity index (χ0v) is 11.8. The summed E-state index contributed by atoms with van der Waals surface area (Å²) in [5, 5.41) is 3.63. The van der Waals surface area contributed by atoms with Gasteiger partial charge in [0.2, 0.25) is 0 Å². The van der Waals surface area contributed by atoms with Crippen LogP contribution in [0, 0.1) is 5.92 Å². The Balaban J connectivity index is 1.73. The summed E-state index contributed by atoms with van der Waals surface area (Å²) in [6.45, 7) is 5.82. The third kappa shape index (κ3) is 4.84.